The maximum Gasteiger partial charge on any atom is 0.404 e. The Morgan fingerprint density at radius 2 is 1.97 bits per heavy atom. The van der Waals surface area contributed by atoms with Crippen LogP contribution in [-0.4, -0.2) is 66.8 Å². The van der Waals surface area contributed by atoms with E-state index in [1.54, 1.807) is 21.7 Å². The SMILES string of the molecule is CC(Nc1cc(C(=O)N2CCC(NC(=O)O)CC2)nc(-c2cnn3ccsc23)n1)C(C)(C)C. The second kappa shape index (κ2) is 8.97. The van der Waals surface area contributed by atoms with Crippen molar-refractivity contribution < 1.29 is 14.7 Å². The Labute approximate surface area is 196 Å². The van der Waals surface area contributed by atoms with Crippen molar-refractivity contribution in [3.8, 4) is 11.4 Å². The largest absolute Gasteiger partial charge is 0.465 e. The number of amides is 2. The first-order valence-electron chi connectivity index (χ1n) is 11.0. The zero-order valence-electron chi connectivity index (χ0n) is 19.2. The standard InChI is InChI=1S/C22H29N7O3S/c1-13(22(2,3)4)24-17-11-16(19(30)28-7-5-14(6-8-28)25-21(31)32)26-18(27-17)15-12-23-29-9-10-33-20(15)29/h9-14,25H,5-8H2,1-4H3,(H,31,32)(H,24,26,27). The van der Waals surface area contributed by atoms with E-state index in [-0.39, 0.29) is 23.4 Å². The molecule has 3 aromatic rings. The second-order valence-electron chi connectivity index (χ2n) is 9.42. The fourth-order valence-electron chi connectivity index (χ4n) is 3.63. The van der Waals surface area contributed by atoms with Gasteiger partial charge in [-0.2, -0.15) is 5.10 Å². The molecule has 1 atom stereocenters. The fraction of sp³-hybridized carbons (Fsp3) is 0.500. The van der Waals surface area contributed by atoms with Crippen LogP contribution in [0.15, 0.2) is 23.8 Å². The van der Waals surface area contributed by atoms with Gasteiger partial charge >= 0.3 is 6.09 Å². The number of hydrogen-bond acceptors (Lipinski definition) is 7. The number of thiazole rings is 1. The Bertz CT molecular complexity index is 1160. The first kappa shape index (κ1) is 23.0. The van der Waals surface area contributed by atoms with E-state index in [0.29, 0.717) is 43.3 Å². The molecule has 2 amide bonds. The maximum atomic E-state index is 13.4. The highest BCUT2D eigenvalue weighted by atomic mass is 32.1. The maximum absolute atomic E-state index is 13.4. The zero-order chi connectivity index (χ0) is 23.8. The van der Waals surface area contributed by atoms with Crippen molar-refractivity contribution in [3.05, 3.63) is 29.5 Å². The van der Waals surface area contributed by atoms with Crippen molar-refractivity contribution in [2.45, 2.75) is 52.6 Å². The number of nitrogens with zero attached hydrogens (tertiary/aromatic N) is 5. The third-order valence-corrected chi connectivity index (χ3v) is 6.98. The monoisotopic (exact) mass is 471 g/mol. The lowest BCUT2D eigenvalue weighted by Gasteiger charge is -2.32. The number of carbonyl (C=O) groups is 2. The van der Waals surface area contributed by atoms with Crippen LogP contribution in [-0.2, 0) is 0 Å². The lowest BCUT2D eigenvalue weighted by Crippen LogP contribution is -2.46. The highest BCUT2D eigenvalue weighted by molar-refractivity contribution is 7.16. The molecule has 10 nitrogen and oxygen atoms in total. The van der Waals surface area contributed by atoms with Crippen molar-refractivity contribution in [3.63, 3.8) is 0 Å². The van der Waals surface area contributed by atoms with Gasteiger partial charge in [-0.05, 0) is 25.2 Å². The summed E-state index contributed by atoms with van der Waals surface area (Å²) in [6.07, 6.45) is 3.69. The minimum Gasteiger partial charge on any atom is -0.465 e. The number of fused-ring (bicyclic) bond motifs is 1. The van der Waals surface area contributed by atoms with Crippen molar-refractivity contribution in [2.75, 3.05) is 18.4 Å². The lowest BCUT2D eigenvalue weighted by atomic mass is 9.88. The summed E-state index contributed by atoms with van der Waals surface area (Å²) in [7, 11) is 0. The molecule has 0 spiro atoms. The van der Waals surface area contributed by atoms with Gasteiger partial charge in [0.2, 0.25) is 0 Å². The molecule has 0 aliphatic carbocycles. The molecule has 0 saturated carbocycles. The van der Waals surface area contributed by atoms with Crippen molar-refractivity contribution in [1.29, 1.82) is 0 Å². The summed E-state index contributed by atoms with van der Waals surface area (Å²) in [5, 5.41) is 21.2. The Hall–Kier alpha value is -3.21. The van der Waals surface area contributed by atoms with E-state index < -0.39 is 6.09 Å². The van der Waals surface area contributed by atoms with Crippen LogP contribution in [0, 0.1) is 5.41 Å². The van der Waals surface area contributed by atoms with Crippen LogP contribution >= 0.6 is 11.3 Å². The van der Waals surface area contributed by atoms with Crippen LogP contribution in [0.25, 0.3) is 16.2 Å². The number of carboxylic acid groups (broad SMARTS) is 1. The Morgan fingerprint density at radius 1 is 1.24 bits per heavy atom. The molecule has 3 N–H and O–H groups in total. The number of nitrogens with one attached hydrogen (secondary N) is 2. The van der Waals surface area contributed by atoms with Gasteiger partial charge in [-0.15, -0.1) is 11.3 Å². The van der Waals surface area contributed by atoms with Gasteiger partial charge in [-0.3, -0.25) is 4.79 Å². The van der Waals surface area contributed by atoms with E-state index >= 15 is 0 Å². The number of rotatable bonds is 5. The van der Waals surface area contributed by atoms with Crippen molar-refractivity contribution >= 4 is 34.0 Å². The third kappa shape index (κ3) is 5.08. The number of piperidine rings is 1. The van der Waals surface area contributed by atoms with Crippen LogP contribution in [0.1, 0.15) is 51.0 Å². The van der Waals surface area contributed by atoms with Crippen molar-refractivity contribution in [1.82, 2.24) is 29.8 Å². The summed E-state index contributed by atoms with van der Waals surface area (Å²) < 4.78 is 1.77. The molecule has 176 valence electrons. The van der Waals surface area contributed by atoms with Gasteiger partial charge in [0, 0.05) is 42.8 Å². The predicted octanol–water partition coefficient (Wildman–Crippen LogP) is 3.57. The normalized spacial score (nSPS) is 16.1. The molecule has 1 fully saturated rings. The Kier molecular flexibility index (Phi) is 6.24. The van der Waals surface area contributed by atoms with Crippen molar-refractivity contribution in [2.24, 2.45) is 5.41 Å². The average molecular weight is 472 g/mol. The zero-order valence-corrected chi connectivity index (χ0v) is 20.0. The molecule has 0 bridgehead atoms. The molecule has 11 heteroatoms. The van der Waals surface area contributed by atoms with E-state index in [9.17, 15) is 9.59 Å². The molecule has 3 aromatic heterocycles. The summed E-state index contributed by atoms with van der Waals surface area (Å²) in [4.78, 5) is 36.2. The Balaban J connectivity index is 1.64. The summed E-state index contributed by atoms with van der Waals surface area (Å²) in [5.74, 6) is 0.849. The number of carbonyl (C=O) groups excluding carboxylic acids is 1. The van der Waals surface area contributed by atoms with Gasteiger partial charge in [-0.1, -0.05) is 20.8 Å². The highest BCUT2D eigenvalue weighted by Crippen LogP contribution is 2.28. The molecule has 0 radical (unpaired) electrons. The molecular weight excluding hydrogens is 442 g/mol. The minimum atomic E-state index is -1.04. The minimum absolute atomic E-state index is 0.00690. The highest BCUT2D eigenvalue weighted by Gasteiger charge is 2.27. The van der Waals surface area contributed by atoms with Gasteiger partial charge < -0.3 is 20.6 Å². The topological polar surface area (TPSA) is 125 Å². The molecule has 1 aliphatic heterocycles. The smallest absolute Gasteiger partial charge is 0.404 e. The molecule has 1 aliphatic rings. The number of anilines is 1. The summed E-state index contributed by atoms with van der Waals surface area (Å²) in [6.45, 7) is 9.44. The lowest BCUT2D eigenvalue weighted by molar-refractivity contribution is 0.0700. The third-order valence-electron chi connectivity index (χ3n) is 6.09. The van der Waals surface area contributed by atoms with Crippen LogP contribution in [0.5, 0.6) is 0 Å². The quantitative estimate of drug-likeness (QED) is 0.519. The summed E-state index contributed by atoms with van der Waals surface area (Å²) >= 11 is 1.54. The van der Waals surface area contributed by atoms with Gasteiger partial charge in [0.1, 0.15) is 16.3 Å². The van der Waals surface area contributed by atoms with E-state index in [4.69, 9.17) is 10.1 Å². The molecule has 0 aromatic carbocycles. The van der Waals surface area contributed by atoms with Gasteiger partial charge in [0.25, 0.3) is 5.91 Å². The molecule has 4 rings (SSSR count). The van der Waals surface area contributed by atoms with E-state index in [2.05, 4.69) is 48.4 Å². The van der Waals surface area contributed by atoms with Gasteiger partial charge in [-0.25, -0.2) is 19.3 Å². The number of likely N-dealkylation sites (tertiary alicyclic amines) is 1. The first-order valence-corrected chi connectivity index (χ1v) is 11.9. The van der Waals surface area contributed by atoms with Gasteiger partial charge in [0.15, 0.2) is 5.82 Å². The summed E-state index contributed by atoms with van der Waals surface area (Å²) in [6, 6.07) is 1.66. The van der Waals surface area contributed by atoms with Crippen LogP contribution < -0.4 is 10.6 Å². The van der Waals surface area contributed by atoms with Gasteiger partial charge in [0.05, 0.1) is 11.8 Å². The molecule has 4 heterocycles. The number of hydrogen-bond donors (Lipinski definition) is 3. The predicted molar refractivity (Wildman–Crippen MR) is 127 cm³/mol. The van der Waals surface area contributed by atoms with Crippen LogP contribution in [0.2, 0.25) is 0 Å². The number of aromatic nitrogens is 4. The second-order valence-corrected chi connectivity index (χ2v) is 10.3. The van der Waals surface area contributed by atoms with Crippen LogP contribution in [0.3, 0.4) is 0 Å². The fourth-order valence-corrected chi connectivity index (χ4v) is 4.43. The summed E-state index contributed by atoms with van der Waals surface area (Å²) in [5.41, 5.74) is 1.08. The van der Waals surface area contributed by atoms with E-state index in [0.717, 1.165) is 10.4 Å². The first-order chi connectivity index (χ1) is 15.6. The van der Waals surface area contributed by atoms with E-state index in [1.807, 2.05) is 11.6 Å². The Morgan fingerprint density at radius 3 is 2.64 bits per heavy atom. The molecule has 1 saturated heterocycles. The molecular formula is C22H29N7O3S. The average Bonchev–Trinajstić information content (AvgIpc) is 3.36. The van der Waals surface area contributed by atoms with E-state index in [1.165, 1.54) is 11.3 Å². The van der Waals surface area contributed by atoms with Crippen LogP contribution in [0.4, 0.5) is 10.6 Å². The molecule has 33 heavy (non-hydrogen) atoms. The molecule has 1 unspecified atom stereocenters.